The average molecular weight is 373 g/mol. The Morgan fingerprint density at radius 1 is 1.00 bits per heavy atom. The van der Waals surface area contributed by atoms with Crippen molar-refractivity contribution >= 4 is 46.7 Å². The summed E-state index contributed by atoms with van der Waals surface area (Å²) in [7, 11) is 0. The molecular weight excluding hydrogens is 361 g/mol. The van der Waals surface area contributed by atoms with E-state index in [1.54, 1.807) is 24.3 Å². The third-order valence-electron chi connectivity index (χ3n) is 2.92. The Morgan fingerprint density at radius 2 is 1.74 bits per heavy atom. The van der Waals surface area contributed by atoms with Crippen LogP contribution < -0.4 is 5.32 Å². The van der Waals surface area contributed by atoms with Gasteiger partial charge in [-0.25, -0.2) is 0 Å². The highest BCUT2D eigenvalue weighted by Crippen LogP contribution is 2.20. The predicted octanol–water partition coefficient (Wildman–Crippen LogP) is 4.12. The number of carbonyl (C=O) groups is 2. The van der Waals surface area contributed by atoms with Gasteiger partial charge in [-0.3, -0.25) is 9.59 Å². The second-order valence-corrected chi connectivity index (χ2v) is 5.81. The number of nitrogens with one attached hydrogen (secondary N) is 1. The van der Waals surface area contributed by atoms with Gasteiger partial charge >= 0.3 is 5.97 Å². The maximum absolute atomic E-state index is 11.9. The van der Waals surface area contributed by atoms with Gasteiger partial charge in [0.1, 0.15) is 13.2 Å². The molecule has 0 radical (unpaired) electrons. The lowest BCUT2D eigenvalue weighted by molar-refractivity contribution is -0.143. The first-order valence-electron chi connectivity index (χ1n) is 6.59. The molecule has 1 N–H and O–H groups in total. The second kappa shape index (κ2) is 8.20. The zero-order valence-corrected chi connectivity index (χ0v) is 14.1. The van der Waals surface area contributed by atoms with Crippen LogP contribution in [0.1, 0.15) is 15.9 Å². The summed E-state index contributed by atoms with van der Waals surface area (Å²) in [6, 6.07) is 11.5. The van der Waals surface area contributed by atoms with Crippen molar-refractivity contribution in [3.05, 3.63) is 68.7 Å². The number of esters is 1. The third kappa shape index (κ3) is 5.13. The molecule has 1 amide bonds. The molecule has 120 valence electrons. The number of rotatable bonds is 5. The Labute approximate surface area is 148 Å². The molecular formula is C16H12Cl3NO3. The van der Waals surface area contributed by atoms with Crippen molar-refractivity contribution in [2.75, 3.05) is 6.54 Å². The number of hydrogen-bond donors (Lipinski definition) is 1. The molecule has 4 nitrogen and oxygen atoms in total. The van der Waals surface area contributed by atoms with Crippen molar-refractivity contribution in [3.8, 4) is 0 Å². The standard InChI is InChI=1S/C16H12Cl3NO3/c17-11-5-6-12(14(19)7-11)16(22)20-8-15(21)23-9-10-3-1-2-4-13(10)18/h1-7H,8-9H2,(H,20,22). The van der Waals surface area contributed by atoms with Crippen LogP contribution in [0.15, 0.2) is 42.5 Å². The highest BCUT2D eigenvalue weighted by atomic mass is 35.5. The summed E-state index contributed by atoms with van der Waals surface area (Å²) in [4.78, 5) is 23.6. The molecule has 0 heterocycles. The van der Waals surface area contributed by atoms with Crippen LogP contribution in [0.3, 0.4) is 0 Å². The fraction of sp³-hybridized carbons (Fsp3) is 0.125. The summed E-state index contributed by atoms with van der Waals surface area (Å²) in [6.07, 6.45) is 0. The molecule has 7 heteroatoms. The van der Waals surface area contributed by atoms with Crippen molar-refractivity contribution in [2.45, 2.75) is 6.61 Å². The van der Waals surface area contributed by atoms with E-state index in [0.29, 0.717) is 15.6 Å². The van der Waals surface area contributed by atoms with E-state index in [1.807, 2.05) is 0 Å². The normalized spacial score (nSPS) is 10.2. The van der Waals surface area contributed by atoms with Crippen molar-refractivity contribution in [2.24, 2.45) is 0 Å². The molecule has 0 fully saturated rings. The van der Waals surface area contributed by atoms with Gasteiger partial charge in [-0.2, -0.15) is 0 Å². The highest BCUT2D eigenvalue weighted by molar-refractivity contribution is 6.36. The lowest BCUT2D eigenvalue weighted by Gasteiger charge is -2.08. The number of benzene rings is 2. The molecule has 0 saturated heterocycles. The summed E-state index contributed by atoms with van der Waals surface area (Å²) in [5.74, 6) is -1.07. The molecule has 0 aromatic heterocycles. The number of halogens is 3. The summed E-state index contributed by atoms with van der Waals surface area (Å²) in [5, 5.41) is 3.58. The van der Waals surface area contributed by atoms with Crippen LogP contribution in [0, 0.1) is 0 Å². The van der Waals surface area contributed by atoms with E-state index in [-0.39, 0.29) is 23.7 Å². The Morgan fingerprint density at radius 3 is 2.43 bits per heavy atom. The largest absolute Gasteiger partial charge is 0.459 e. The van der Waals surface area contributed by atoms with Gasteiger partial charge in [-0.1, -0.05) is 53.0 Å². The molecule has 2 aromatic carbocycles. The maximum atomic E-state index is 11.9. The zero-order valence-electron chi connectivity index (χ0n) is 11.8. The minimum atomic E-state index is -0.580. The third-order valence-corrected chi connectivity index (χ3v) is 3.83. The molecule has 23 heavy (non-hydrogen) atoms. The van der Waals surface area contributed by atoms with E-state index in [2.05, 4.69) is 5.32 Å². The van der Waals surface area contributed by atoms with Crippen LogP contribution in [0.2, 0.25) is 15.1 Å². The van der Waals surface area contributed by atoms with E-state index in [1.165, 1.54) is 18.2 Å². The Kier molecular flexibility index (Phi) is 6.28. The molecule has 2 rings (SSSR count). The summed E-state index contributed by atoms with van der Waals surface area (Å²) >= 11 is 17.6. The lowest BCUT2D eigenvalue weighted by Crippen LogP contribution is -2.30. The molecule has 0 aliphatic rings. The minimum absolute atomic E-state index is 0.0378. The quantitative estimate of drug-likeness (QED) is 0.803. The zero-order chi connectivity index (χ0) is 16.8. The summed E-state index contributed by atoms with van der Waals surface area (Å²) in [6.45, 7) is -0.238. The lowest BCUT2D eigenvalue weighted by atomic mass is 10.2. The van der Waals surface area contributed by atoms with Gasteiger partial charge in [0, 0.05) is 15.6 Å². The second-order valence-electron chi connectivity index (χ2n) is 4.56. The molecule has 0 aliphatic heterocycles. The molecule has 0 spiro atoms. The average Bonchev–Trinajstić information content (AvgIpc) is 2.52. The molecule has 0 unspecified atom stereocenters. The van der Waals surface area contributed by atoms with Gasteiger partial charge in [0.15, 0.2) is 0 Å². The predicted molar refractivity (Wildman–Crippen MR) is 90.0 cm³/mol. The fourth-order valence-electron chi connectivity index (χ4n) is 1.75. The number of carbonyl (C=O) groups excluding carboxylic acids is 2. The SMILES string of the molecule is O=C(CNC(=O)c1ccc(Cl)cc1Cl)OCc1ccccc1Cl. The Hall–Kier alpha value is -1.75. The minimum Gasteiger partial charge on any atom is -0.459 e. The first-order chi connectivity index (χ1) is 11.0. The van der Waals surface area contributed by atoms with E-state index in [0.717, 1.165) is 0 Å². The number of ether oxygens (including phenoxy) is 1. The van der Waals surface area contributed by atoms with Crippen molar-refractivity contribution in [1.82, 2.24) is 5.32 Å². The van der Waals surface area contributed by atoms with Crippen LogP contribution in [0.25, 0.3) is 0 Å². The van der Waals surface area contributed by atoms with Gasteiger partial charge in [-0.15, -0.1) is 0 Å². The fourth-order valence-corrected chi connectivity index (χ4v) is 2.43. The summed E-state index contributed by atoms with van der Waals surface area (Å²) in [5.41, 5.74) is 0.921. The van der Waals surface area contributed by atoms with E-state index < -0.39 is 11.9 Å². The van der Waals surface area contributed by atoms with E-state index >= 15 is 0 Å². The highest BCUT2D eigenvalue weighted by Gasteiger charge is 2.13. The van der Waals surface area contributed by atoms with Crippen LogP contribution in [0.4, 0.5) is 0 Å². The van der Waals surface area contributed by atoms with Crippen LogP contribution in [0.5, 0.6) is 0 Å². The monoisotopic (exact) mass is 371 g/mol. The molecule has 0 bridgehead atoms. The Bertz CT molecular complexity index is 734. The molecule has 2 aromatic rings. The van der Waals surface area contributed by atoms with Crippen molar-refractivity contribution in [3.63, 3.8) is 0 Å². The smallest absolute Gasteiger partial charge is 0.325 e. The van der Waals surface area contributed by atoms with E-state index in [9.17, 15) is 9.59 Å². The van der Waals surface area contributed by atoms with E-state index in [4.69, 9.17) is 39.5 Å². The van der Waals surface area contributed by atoms with Gasteiger partial charge in [0.25, 0.3) is 5.91 Å². The van der Waals surface area contributed by atoms with Crippen molar-refractivity contribution in [1.29, 1.82) is 0 Å². The summed E-state index contributed by atoms with van der Waals surface area (Å²) < 4.78 is 5.05. The van der Waals surface area contributed by atoms with Crippen LogP contribution in [-0.2, 0) is 16.1 Å². The van der Waals surface area contributed by atoms with Gasteiger partial charge < -0.3 is 10.1 Å². The number of hydrogen-bond acceptors (Lipinski definition) is 3. The molecule has 0 aliphatic carbocycles. The van der Waals surface area contributed by atoms with Crippen LogP contribution in [-0.4, -0.2) is 18.4 Å². The van der Waals surface area contributed by atoms with Gasteiger partial charge in [-0.05, 0) is 24.3 Å². The molecule has 0 saturated carbocycles. The number of amides is 1. The topological polar surface area (TPSA) is 55.4 Å². The van der Waals surface area contributed by atoms with Gasteiger partial charge in [0.2, 0.25) is 0 Å². The van der Waals surface area contributed by atoms with Gasteiger partial charge in [0.05, 0.1) is 10.6 Å². The van der Waals surface area contributed by atoms with Crippen LogP contribution >= 0.6 is 34.8 Å². The molecule has 0 atom stereocenters. The first-order valence-corrected chi connectivity index (χ1v) is 7.73. The Balaban J connectivity index is 1.84. The maximum Gasteiger partial charge on any atom is 0.325 e. The first kappa shape index (κ1) is 17.6. The van der Waals surface area contributed by atoms with Crippen molar-refractivity contribution < 1.29 is 14.3 Å².